The van der Waals surface area contributed by atoms with Gasteiger partial charge in [0.05, 0.1) is 4.99 Å². The Morgan fingerprint density at radius 2 is 1.86 bits per heavy atom. The van der Waals surface area contributed by atoms with Crippen LogP contribution in [0.1, 0.15) is 19.8 Å². The highest BCUT2D eigenvalue weighted by Gasteiger charge is 2.13. The van der Waals surface area contributed by atoms with E-state index in [0.29, 0.717) is 11.0 Å². The van der Waals surface area contributed by atoms with Gasteiger partial charge >= 0.3 is 0 Å². The van der Waals surface area contributed by atoms with Gasteiger partial charge in [0.25, 0.3) is 0 Å². The molecule has 0 aliphatic heterocycles. The summed E-state index contributed by atoms with van der Waals surface area (Å²) in [4.78, 5) is 5.14. The summed E-state index contributed by atoms with van der Waals surface area (Å²) in [6.07, 6.45) is 1.93. The van der Waals surface area contributed by atoms with Gasteiger partial charge in [0, 0.05) is 25.6 Å². The maximum atomic E-state index is 5.56. The van der Waals surface area contributed by atoms with E-state index in [1.807, 2.05) is 0 Å². The maximum Gasteiger partial charge on any atom is 0.0743 e. The van der Waals surface area contributed by atoms with Gasteiger partial charge in [-0.1, -0.05) is 19.1 Å². The van der Waals surface area contributed by atoms with Gasteiger partial charge in [0.15, 0.2) is 0 Å². The molecule has 0 radical (unpaired) electrons. The number of likely N-dealkylation sites (N-methyl/N-ethyl adjacent to an activating group) is 2. The van der Waals surface area contributed by atoms with E-state index >= 15 is 0 Å². The Kier molecular flexibility index (Phi) is 7.05. The Morgan fingerprint density at radius 3 is 2.21 bits per heavy atom. The lowest BCUT2D eigenvalue weighted by molar-refractivity contribution is 0.216. The van der Waals surface area contributed by atoms with Crippen LogP contribution in [-0.2, 0) is 0 Å². The third-order valence-corrected chi connectivity index (χ3v) is 2.60. The van der Waals surface area contributed by atoms with Gasteiger partial charge in [-0.05, 0) is 27.6 Å². The van der Waals surface area contributed by atoms with Crippen molar-refractivity contribution in [2.24, 2.45) is 5.73 Å². The van der Waals surface area contributed by atoms with Crippen molar-refractivity contribution in [2.45, 2.75) is 25.8 Å². The molecule has 0 saturated carbocycles. The minimum atomic E-state index is 0.493. The van der Waals surface area contributed by atoms with Crippen molar-refractivity contribution in [1.82, 2.24) is 9.80 Å². The van der Waals surface area contributed by atoms with E-state index in [-0.39, 0.29) is 0 Å². The molecule has 0 saturated heterocycles. The van der Waals surface area contributed by atoms with Crippen molar-refractivity contribution in [2.75, 3.05) is 34.2 Å². The van der Waals surface area contributed by atoms with Crippen LogP contribution in [0.4, 0.5) is 0 Å². The van der Waals surface area contributed by atoms with Crippen LogP contribution in [0.15, 0.2) is 0 Å². The lowest BCUT2D eigenvalue weighted by Gasteiger charge is -2.27. The molecule has 0 amide bonds. The lowest BCUT2D eigenvalue weighted by atomic mass is 10.1. The van der Waals surface area contributed by atoms with E-state index in [9.17, 15) is 0 Å². The van der Waals surface area contributed by atoms with Crippen molar-refractivity contribution in [3.8, 4) is 0 Å². The van der Waals surface area contributed by atoms with Crippen LogP contribution in [-0.4, -0.2) is 55.1 Å². The van der Waals surface area contributed by atoms with E-state index in [1.165, 1.54) is 0 Å². The SMILES string of the molecule is CCC(CC(N)=S)N(C)CCN(C)C. The zero-order chi connectivity index (χ0) is 11.1. The molecule has 0 aliphatic rings. The quantitative estimate of drug-likeness (QED) is 0.643. The zero-order valence-electron chi connectivity index (χ0n) is 9.79. The minimum Gasteiger partial charge on any atom is -0.393 e. The third-order valence-electron chi connectivity index (χ3n) is 2.43. The van der Waals surface area contributed by atoms with Gasteiger partial charge in [-0.2, -0.15) is 0 Å². The first-order chi connectivity index (χ1) is 6.47. The fourth-order valence-electron chi connectivity index (χ4n) is 1.38. The first kappa shape index (κ1) is 13.8. The van der Waals surface area contributed by atoms with Crippen molar-refractivity contribution >= 4 is 17.2 Å². The van der Waals surface area contributed by atoms with E-state index in [1.54, 1.807) is 0 Å². The molecule has 0 rings (SSSR count). The van der Waals surface area contributed by atoms with Crippen LogP contribution in [0.2, 0.25) is 0 Å². The molecule has 84 valence electrons. The second-order valence-corrected chi connectivity index (χ2v) is 4.54. The van der Waals surface area contributed by atoms with E-state index in [2.05, 4.69) is 37.9 Å². The first-order valence-electron chi connectivity index (χ1n) is 5.10. The molecule has 0 aromatic rings. The summed E-state index contributed by atoms with van der Waals surface area (Å²) in [5.74, 6) is 0. The van der Waals surface area contributed by atoms with E-state index in [4.69, 9.17) is 18.0 Å². The van der Waals surface area contributed by atoms with Crippen LogP contribution >= 0.6 is 12.2 Å². The van der Waals surface area contributed by atoms with Crippen molar-refractivity contribution in [3.05, 3.63) is 0 Å². The summed E-state index contributed by atoms with van der Waals surface area (Å²) in [5.41, 5.74) is 5.56. The molecule has 0 aromatic carbocycles. The third kappa shape index (κ3) is 6.29. The molecule has 0 aromatic heterocycles. The summed E-state index contributed by atoms with van der Waals surface area (Å²) in [7, 11) is 6.31. The molecule has 0 aliphatic carbocycles. The largest absolute Gasteiger partial charge is 0.393 e. The van der Waals surface area contributed by atoms with Crippen LogP contribution in [0.5, 0.6) is 0 Å². The van der Waals surface area contributed by atoms with Gasteiger partial charge in [-0.25, -0.2) is 0 Å². The van der Waals surface area contributed by atoms with Gasteiger partial charge in [-0.15, -0.1) is 0 Å². The normalized spacial score (nSPS) is 13.6. The Morgan fingerprint density at radius 1 is 1.29 bits per heavy atom. The van der Waals surface area contributed by atoms with Crippen molar-refractivity contribution in [1.29, 1.82) is 0 Å². The topological polar surface area (TPSA) is 32.5 Å². The molecule has 0 spiro atoms. The lowest BCUT2D eigenvalue weighted by Crippen LogP contribution is -2.38. The highest BCUT2D eigenvalue weighted by Crippen LogP contribution is 2.06. The minimum absolute atomic E-state index is 0.493. The number of rotatable bonds is 7. The summed E-state index contributed by atoms with van der Waals surface area (Å²) in [6, 6.07) is 0.493. The summed E-state index contributed by atoms with van der Waals surface area (Å²) >= 11 is 4.93. The van der Waals surface area contributed by atoms with Crippen molar-refractivity contribution < 1.29 is 0 Å². The fourth-order valence-corrected chi connectivity index (χ4v) is 1.58. The smallest absolute Gasteiger partial charge is 0.0743 e. The molecule has 1 atom stereocenters. The fraction of sp³-hybridized carbons (Fsp3) is 0.900. The van der Waals surface area contributed by atoms with Crippen LogP contribution < -0.4 is 5.73 Å². The van der Waals surface area contributed by atoms with Crippen molar-refractivity contribution in [3.63, 3.8) is 0 Å². The molecular formula is C10H23N3S. The van der Waals surface area contributed by atoms with E-state index in [0.717, 1.165) is 25.9 Å². The second kappa shape index (κ2) is 7.15. The highest BCUT2D eigenvalue weighted by atomic mass is 32.1. The Balaban J connectivity index is 3.90. The van der Waals surface area contributed by atoms with Crippen LogP contribution in [0.25, 0.3) is 0 Å². The Labute approximate surface area is 93.2 Å². The molecular weight excluding hydrogens is 194 g/mol. The number of nitrogens with zero attached hydrogens (tertiary/aromatic N) is 2. The summed E-state index contributed by atoms with van der Waals surface area (Å²) < 4.78 is 0. The average Bonchev–Trinajstić information content (AvgIpc) is 2.09. The van der Waals surface area contributed by atoms with Gasteiger partial charge in [0.1, 0.15) is 0 Å². The first-order valence-corrected chi connectivity index (χ1v) is 5.51. The summed E-state index contributed by atoms with van der Waals surface area (Å²) in [5, 5.41) is 0. The number of nitrogens with two attached hydrogens (primary N) is 1. The summed E-state index contributed by atoms with van der Waals surface area (Å²) in [6.45, 7) is 4.31. The van der Waals surface area contributed by atoms with Crippen LogP contribution in [0, 0.1) is 0 Å². The zero-order valence-corrected chi connectivity index (χ0v) is 10.6. The molecule has 0 bridgehead atoms. The molecule has 4 heteroatoms. The molecule has 2 N–H and O–H groups in total. The predicted molar refractivity (Wildman–Crippen MR) is 66.7 cm³/mol. The molecule has 14 heavy (non-hydrogen) atoms. The van der Waals surface area contributed by atoms with Gasteiger partial charge in [0.2, 0.25) is 0 Å². The standard InChI is InChI=1S/C10H23N3S/c1-5-9(8-10(11)14)13(4)7-6-12(2)3/h9H,5-8H2,1-4H3,(H2,11,14). The molecule has 0 heterocycles. The van der Waals surface area contributed by atoms with E-state index < -0.39 is 0 Å². The molecule has 1 unspecified atom stereocenters. The number of hydrogen-bond acceptors (Lipinski definition) is 3. The van der Waals surface area contributed by atoms with Gasteiger partial charge < -0.3 is 15.5 Å². The van der Waals surface area contributed by atoms with Crippen LogP contribution in [0.3, 0.4) is 0 Å². The highest BCUT2D eigenvalue weighted by molar-refractivity contribution is 7.80. The Bertz CT molecular complexity index is 171. The molecule has 3 nitrogen and oxygen atoms in total. The predicted octanol–water partition coefficient (Wildman–Crippen LogP) is 0.935. The Hall–Kier alpha value is -0.190. The monoisotopic (exact) mass is 217 g/mol. The van der Waals surface area contributed by atoms with Gasteiger partial charge in [-0.3, -0.25) is 0 Å². The average molecular weight is 217 g/mol. The number of thiocarbonyl (C=S) groups is 1. The number of hydrogen-bond donors (Lipinski definition) is 1. The maximum absolute atomic E-state index is 5.56. The second-order valence-electron chi connectivity index (χ2n) is 4.02. The molecule has 0 fully saturated rings.